The summed E-state index contributed by atoms with van der Waals surface area (Å²) in [6, 6.07) is 14.1. The summed E-state index contributed by atoms with van der Waals surface area (Å²) in [6.07, 6.45) is 8.03. The van der Waals surface area contributed by atoms with Crippen molar-refractivity contribution in [2.45, 2.75) is 35.2 Å². The van der Waals surface area contributed by atoms with Gasteiger partial charge in [0.2, 0.25) is 5.95 Å². The lowest BCUT2D eigenvalue weighted by Crippen LogP contribution is -2.44. The zero-order valence-corrected chi connectivity index (χ0v) is 20.3. The van der Waals surface area contributed by atoms with Gasteiger partial charge in [-0.3, -0.25) is 9.20 Å². The third-order valence-corrected chi connectivity index (χ3v) is 8.53. The molecule has 180 valence electrons. The molecule has 3 N–H and O–H groups in total. The number of pyridine rings is 1. The van der Waals surface area contributed by atoms with Crippen LogP contribution in [0.1, 0.15) is 30.0 Å². The summed E-state index contributed by atoms with van der Waals surface area (Å²) in [6.45, 7) is 1.76. The number of nitrogens with one attached hydrogen (secondary N) is 1. The summed E-state index contributed by atoms with van der Waals surface area (Å²) in [4.78, 5) is 37.2. The number of aromatic nitrogens is 6. The molecule has 1 spiro atoms. The fourth-order valence-electron chi connectivity index (χ4n) is 5.62. The molecule has 1 aliphatic heterocycles. The Kier molecular flexibility index (Phi) is 4.87. The molecule has 7 rings (SSSR count). The summed E-state index contributed by atoms with van der Waals surface area (Å²) < 4.78 is 1.53. The number of H-pyrrole nitrogens is 1. The average Bonchev–Trinajstić information content (AvgIpc) is 3.45. The van der Waals surface area contributed by atoms with E-state index in [4.69, 9.17) is 10.7 Å². The average molecular weight is 497 g/mol. The molecule has 0 amide bonds. The molecule has 4 aromatic heterocycles. The quantitative estimate of drug-likeness (QED) is 0.390. The number of rotatable bonds is 3. The Morgan fingerprint density at radius 1 is 1.03 bits per heavy atom. The molecule has 0 radical (unpaired) electrons. The molecular weight excluding hydrogens is 472 g/mol. The lowest BCUT2D eigenvalue weighted by Gasteiger charge is -2.42. The first-order valence-electron chi connectivity index (χ1n) is 12.1. The second-order valence-corrected chi connectivity index (χ2v) is 10.7. The summed E-state index contributed by atoms with van der Waals surface area (Å²) in [5, 5.41) is 0.600. The monoisotopic (exact) mass is 496 g/mol. The van der Waals surface area contributed by atoms with Crippen molar-refractivity contribution in [3.05, 3.63) is 82.5 Å². The molecule has 1 fully saturated rings. The summed E-state index contributed by atoms with van der Waals surface area (Å²) in [5.74, 6) is 0.776. The number of hydrogen-bond acceptors (Lipinski definition) is 8. The van der Waals surface area contributed by atoms with Crippen LogP contribution in [0, 0.1) is 5.41 Å². The van der Waals surface area contributed by atoms with Gasteiger partial charge in [0.05, 0.1) is 11.1 Å². The van der Waals surface area contributed by atoms with Crippen molar-refractivity contribution in [3.63, 3.8) is 0 Å². The minimum absolute atomic E-state index is 0.0862. The van der Waals surface area contributed by atoms with Gasteiger partial charge in [0.1, 0.15) is 10.7 Å². The highest BCUT2D eigenvalue weighted by Gasteiger charge is 2.46. The van der Waals surface area contributed by atoms with Gasteiger partial charge >= 0.3 is 0 Å². The predicted octanol–water partition coefficient (Wildman–Crippen LogP) is 3.35. The standard InChI is InChI=1S/C26H24N8OS/c27-21-17-6-2-1-5-16(17)13-26(21)8-11-33(12-9-26)25-31-22-23(32-25)30-20(15-29-22)36-18-14-28-19-7-3-4-10-34(19)24(18)35/h1-7,10,14-15,21H,8-9,11-13,27H2,(H,29,30,31,32)/t21-/m1/s1. The molecule has 2 aliphatic rings. The van der Waals surface area contributed by atoms with E-state index in [2.05, 4.69) is 49.1 Å². The molecule has 0 bridgehead atoms. The van der Waals surface area contributed by atoms with Crippen molar-refractivity contribution in [1.82, 2.24) is 29.3 Å². The van der Waals surface area contributed by atoms with E-state index in [1.54, 1.807) is 24.7 Å². The number of nitrogens with two attached hydrogens (primary N) is 1. The zero-order chi connectivity index (χ0) is 24.3. The van der Waals surface area contributed by atoms with E-state index in [1.165, 1.54) is 27.3 Å². The molecule has 1 atom stereocenters. The summed E-state index contributed by atoms with van der Waals surface area (Å²) in [7, 11) is 0. The van der Waals surface area contributed by atoms with Crippen LogP contribution in [0.15, 0.2) is 75.8 Å². The fourth-order valence-corrected chi connectivity index (χ4v) is 6.38. The lowest BCUT2D eigenvalue weighted by molar-refractivity contribution is 0.187. The third kappa shape index (κ3) is 3.40. The Bertz CT molecular complexity index is 1670. The number of piperidine rings is 1. The van der Waals surface area contributed by atoms with Crippen LogP contribution in [0.25, 0.3) is 16.9 Å². The van der Waals surface area contributed by atoms with Gasteiger partial charge in [-0.2, -0.15) is 4.98 Å². The Labute approximate surface area is 210 Å². The Balaban J connectivity index is 1.10. The summed E-state index contributed by atoms with van der Waals surface area (Å²) >= 11 is 1.24. The molecule has 1 aromatic carbocycles. The molecule has 9 nitrogen and oxygen atoms in total. The van der Waals surface area contributed by atoms with E-state index in [9.17, 15) is 4.79 Å². The maximum Gasteiger partial charge on any atom is 0.271 e. The molecular formula is C26H24N8OS. The number of hydrogen-bond donors (Lipinski definition) is 2. The minimum Gasteiger partial charge on any atom is -0.342 e. The Hall–Kier alpha value is -3.76. The second kappa shape index (κ2) is 8.14. The maximum absolute atomic E-state index is 12.8. The third-order valence-electron chi connectivity index (χ3n) is 7.62. The number of nitrogens with zero attached hydrogens (tertiary/aromatic N) is 6. The van der Waals surface area contributed by atoms with Gasteiger partial charge in [-0.1, -0.05) is 42.1 Å². The molecule has 10 heteroatoms. The topological polar surface area (TPSA) is 118 Å². The van der Waals surface area contributed by atoms with Gasteiger partial charge in [0.25, 0.3) is 5.56 Å². The molecule has 1 aliphatic carbocycles. The van der Waals surface area contributed by atoms with E-state index in [-0.39, 0.29) is 17.0 Å². The van der Waals surface area contributed by atoms with Gasteiger partial charge in [0.15, 0.2) is 11.3 Å². The SMILES string of the molecule is N[C@@H]1c2ccccc2CC12CCN(c1nc3nc(Sc4cnc5ccccn5c4=O)cnc3[nH]1)CC2. The zero-order valence-electron chi connectivity index (χ0n) is 19.5. The maximum atomic E-state index is 12.8. The number of imidazole rings is 1. The van der Waals surface area contributed by atoms with Crippen LogP contribution >= 0.6 is 11.8 Å². The second-order valence-electron chi connectivity index (χ2n) is 9.60. The Morgan fingerprint density at radius 2 is 1.86 bits per heavy atom. The van der Waals surface area contributed by atoms with E-state index >= 15 is 0 Å². The van der Waals surface area contributed by atoms with Crippen molar-refractivity contribution < 1.29 is 0 Å². The van der Waals surface area contributed by atoms with E-state index in [0.717, 1.165) is 38.3 Å². The number of anilines is 1. The van der Waals surface area contributed by atoms with Crippen LogP contribution in [0.3, 0.4) is 0 Å². The van der Waals surface area contributed by atoms with E-state index < -0.39 is 0 Å². The van der Waals surface area contributed by atoms with Gasteiger partial charge in [0, 0.05) is 31.5 Å². The Morgan fingerprint density at radius 3 is 2.72 bits per heavy atom. The van der Waals surface area contributed by atoms with Gasteiger partial charge in [-0.25, -0.2) is 15.0 Å². The highest BCUT2D eigenvalue weighted by molar-refractivity contribution is 7.99. The van der Waals surface area contributed by atoms with Gasteiger partial charge in [-0.05, 0) is 47.9 Å². The molecule has 5 aromatic rings. The van der Waals surface area contributed by atoms with Crippen molar-refractivity contribution in [3.8, 4) is 0 Å². The van der Waals surface area contributed by atoms with Crippen LogP contribution in [0.5, 0.6) is 0 Å². The molecule has 5 heterocycles. The highest BCUT2D eigenvalue weighted by Crippen LogP contribution is 2.50. The first kappa shape index (κ1) is 21.5. The predicted molar refractivity (Wildman–Crippen MR) is 138 cm³/mol. The van der Waals surface area contributed by atoms with Crippen LogP contribution in [-0.2, 0) is 6.42 Å². The molecule has 0 saturated carbocycles. The van der Waals surface area contributed by atoms with Crippen molar-refractivity contribution in [2.24, 2.45) is 11.1 Å². The summed E-state index contributed by atoms with van der Waals surface area (Å²) in [5.41, 5.74) is 11.2. The van der Waals surface area contributed by atoms with E-state index in [0.29, 0.717) is 26.9 Å². The number of aromatic amines is 1. The van der Waals surface area contributed by atoms with Crippen LogP contribution in [0.2, 0.25) is 0 Å². The highest BCUT2D eigenvalue weighted by atomic mass is 32.2. The van der Waals surface area contributed by atoms with Gasteiger partial charge in [-0.15, -0.1) is 0 Å². The van der Waals surface area contributed by atoms with E-state index in [1.807, 2.05) is 12.1 Å². The van der Waals surface area contributed by atoms with Crippen molar-refractivity contribution in [2.75, 3.05) is 18.0 Å². The first-order chi connectivity index (χ1) is 17.6. The van der Waals surface area contributed by atoms with Crippen molar-refractivity contribution in [1.29, 1.82) is 0 Å². The van der Waals surface area contributed by atoms with Crippen LogP contribution in [0.4, 0.5) is 5.95 Å². The normalized spacial score (nSPS) is 18.8. The smallest absolute Gasteiger partial charge is 0.271 e. The lowest BCUT2D eigenvalue weighted by atomic mass is 9.73. The fraction of sp³-hybridized carbons (Fsp3) is 0.269. The molecule has 0 unspecified atom stereocenters. The van der Waals surface area contributed by atoms with Crippen molar-refractivity contribution >= 4 is 34.7 Å². The molecule has 36 heavy (non-hydrogen) atoms. The van der Waals surface area contributed by atoms with Gasteiger partial charge < -0.3 is 15.6 Å². The molecule has 1 saturated heterocycles. The van der Waals surface area contributed by atoms with Crippen LogP contribution in [-0.4, -0.2) is 42.4 Å². The number of benzene rings is 1. The first-order valence-corrected chi connectivity index (χ1v) is 12.9. The minimum atomic E-state index is -0.135. The number of fused-ring (bicyclic) bond motifs is 3. The largest absolute Gasteiger partial charge is 0.342 e. The van der Waals surface area contributed by atoms with Crippen LogP contribution < -0.4 is 16.2 Å².